The van der Waals surface area contributed by atoms with Gasteiger partial charge in [-0.15, -0.1) is 0 Å². The maximum absolute atomic E-state index is 9.91. The van der Waals surface area contributed by atoms with Crippen LogP contribution in [0.2, 0.25) is 0 Å². The minimum Gasteiger partial charge on any atom is -0.493 e. The van der Waals surface area contributed by atoms with Crippen molar-refractivity contribution < 1.29 is 5.11 Å². The highest BCUT2D eigenvalue weighted by Gasteiger charge is 2.09. The van der Waals surface area contributed by atoms with Crippen LogP contribution in [0.3, 0.4) is 0 Å². The Morgan fingerprint density at radius 3 is 2.67 bits per heavy atom. The van der Waals surface area contributed by atoms with Gasteiger partial charge in [-0.2, -0.15) is 5.10 Å². The highest BCUT2D eigenvalue weighted by Crippen LogP contribution is 2.28. The van der Waals surface area contributed by atoms with Gasteiger partial charge in [0.2, 0.25) is 5.88 Å². The minimum atomic E-state index is 0.253. The molecule has 1 N–H and O–H groups in total. The van der Waals surface area contributed by atoms with Gasteiger partial charge in [-0.3, -0.25) is 0 Å². The monoisotopic (exact) mass is 202 g/mol. The van der Waals surface area contributed by atoms with E-state index >= 15 is 0 Å². The lowest BCUT2D eigenvalue weighted by Gasteiger charge is -2.01. The van der Waals surface area contributed by atoms with Gasteiger partial charge in [0, 0.05) is 6.54 Å². The first-order chi connectivity index (χ1) is 7.33. The van der Waals surface area contributed by atoms with Gasteiger partial charge in [0.15, 0.2) is 0 Å². The number of nitrogens with zero attached hydrogens (tertiary/aromatic N) is 2. The molecule has 1 aromatic carbocycles. The molecule has 0 saturated heterocycles. The van der Waals surface area contributed by atoms with Crippen LogP contribution in [0.15, 0.2) is 36.5 Å². The lowest BCUT2D eigenvalue weighted by molar-refractivity contribution is 0.399. The molecular weight excluding hydrogens is 188 g/mol. The van der Waals surface area contributed by atoms with Crippen LogP contribution in [-0.4, -0.2) is 14.9 Å². The molecule has 0 amide bonds. The molecule has 0 radical (unpaired) electrons. The average molecular weight is 202 g/mol. The predicted molar refractivity (Wildman–Crippen MR) is 59.6 cm³/mol. The Morgan fingerprint density at radius 1 is 1.27 bits per heavy atom. The van der Waals surface area contributed by atoms with E-state index in [9.17, 15) is 5.11 Å². The summed E-state index contributed by atoms with van der Waals surface area (Å²) >= 11 is 0. The van der Waals surface area contributed by atoms with Crippen LogP contribution in [0.5, 0.6) is 5.88 Å². The van der Waals surface area contributed by atoms with Crippen LogP contribution in [0.1, 0.15) is 13.3 Å². The van der Waals surface area contributed by atoms with E-state index in [1.807, 2.05) is 30.3 Å². The number of aryl methyl sites for hydroxylation is 1. The van der Waals surface area contributed by atoms with Crippen molar-refractivity contribution >= 4 is 0 Å². The third kappa shape index (κ3) is 1.86. The average Bonchev–Trinajstić information content (AvgIpc) is 2.63. The van der Waals surface area contributed by atoms with Crippen molar-refractivity contribution in [3.63, 3.8) is 0 Å². The fourth-order valence-electron chi connectivity index (χ4n) is 1.58. The zero-order valence-corrected chi connectivity index (χ0v) is 8.72. The van der Waals surface area contributed by atoms with Gasteiger partial charge in [0.25, 0.3) is 0 Å². The van der Waals surface area contributed by atoms with Crippen LogP contribution in [0.4, 0.5) is 0 Å². The molecule has 2 rings (SSSR count). The van der Waals surface area contributed by atoms with E-state index in [1.54, 1.807) is 10.9 Å². The van der Waals surface area contributed by atoms with Crippen molar-refractivity contribution in [2.45, 2.75) is 19.9 Å². The van der Waals surface area contributed by atoms with E-state index in [1.165, 1.54) is 0 Å². The molecule has 1 aromatic heterocycles. The Kier molecular flexibility index (Phi) is 2.72. The summed E-state index contributed by atoms with van der Waals surface area (Å²) in [6, 6.07) is 9.79. The first kappa shape index (κ1) is 9.77. The summed E-state index contributed by atoms with van der Waals surface area (Å²) in [5, 5.41) is 14.1. The van der Waals surface area contributed by atoms with Crippen LogP contribution >= 0.6 is 0 Å². The second-order valence-electron chi connectivity index (χ2n) is 3.47. The second kappa shape index (κ2) is 4.17. The Bertz CT molecular complexity index is 434. The van der Waals surface area contributed by atoms with E-state index in [4.69, 9.17) is 0 Å². The third-order valence-corrected chi connectivity index (χ3v) is 2.33. The van der Waals surface area contributed by atoms with Crippen molar-refractivity contribution in [2.24, 2.45) is 0 Å². The molecule has 3 heteroatoms. The SMILES string of the molecule is CCCn1ncc(-c2ccccc2)c1O. The summed E-state index contributed by atoms with van der Waals surface area (Å²) in [4.78, 5) is 0. The number of aromatic nitrogens is 2. The van der Waals surface area contributed by atoms with Gasteiger partial charge in [0.05, 0.1) is 11.8 Å². The zero-order valence-electron chi connectivity index (χ0n) is 8.72. The number of hydrogen-bond acceptors (Lipinski definition) is 2. The molecule has 3 nitrogen and oxygen atoms in total. The van der Waals surface area contributed by atoms with Crippen molar-refractivity contribution in [3.05, 3.63) is 36.5 Å². The van der Waals surface area contributed by atoms with Gasteiger partial charge in [-0.05, 0) is 12.0 Å². The van der Waals surface area contributed by atoms with Crippen LogP contribution < -0.4 is 0 Å². The summed E-state index contributed by atoms with van der Waals surface area (Å²) in [6.07, 6.45) is 2.67. The summed E-state index contributed by atoms with van der Waals surface area (Å²) < 4.78 is 1.63. The molecule has 15 heavy (non-hydrogen) atoms. The van der Waals surface area contributed by atoms with E-state index in [2.05, 4.69) is 12.0 Å². The first-order valence-electron chi connectivity index (χ1n) is 5.13. The van der Waals surface area contributed by atoms with E-state index in [0.717, 1.165) is 24.1 Å². The highest BCUT2D eigenvalue weighted by molar-refractivity contribution is 5.67. The molecule has 0 atom stereocenters. The summed E-state index contributed by atoms with van der Waals surface area (Å²) in [7, 11) is 0. The van der Waals surface area contributed by atoms with Gasteiger partial charge in [0.1, 0.15) is 0 Å². The Labute approximate surface area is 89.0 Å². The highest BCUT2D eigenvalue weighted by atomic mass is 16.3. The van der Waals surface area contributed by atoms with E-state index in [-0.39, 0.29) is 5.88 Å². The molecule has 0 fully saturated rings. The van der Waals surface area contributed by atoms with E-state index in [0.29, 0.717) is 0 Å². The summed E-state index contributed by atoms with van der Waals surface area (Å²) in [5.41, 5.74) is 1.79. The quantitative estimate of drug-likeness (QED) is 0.830. The first-order valence-corrected chi connectivity index (χ1v) is 5.13. The Hall–Kier alpha value is -1.77. The van der Waals surface area contributed by atoms with Crippen molar-refractivity contribution in [2.75, 3.05) is 0 Å². The maximum atomic E-state index is 9.91. The fraction of sp³-hybridized carbons (Fsp3) is 0.250. The Morgan fingerprint density at radius 2 is 2.00 bits per heavy atom. The number of hydrogen-bond donors (Lipinski definition) is 1. The molecule has 78 valence electrons. The van der Waals surface area contributed by atoms with Crippen molar-refractivity contribution in [1.82, 2.24) is 9.78 Å². The molecule has 0 saturated carbocycles. The number of benzene rings is 1. The van der Waals surface area contributed by atoms with Crippen molar-refractivity contribution in [1.29, 1.82) is 0 Å². The maximum Gasteiger partial charge on any atom is 0.217 e. The standard InChI is InChI=1S/C12H14N2O/c1-2-8-14-12(15)11(9-13-14)10-6-4-3-5-7-10/h3-7,9,15H,2,8H2,1H3. The molecular formula is C12H14N2O. The van der Waals surface area contributed by atoms with Crippen LogP contribution in [-0.2, 0) is 6.54 Å². The van der Waals surface area contributed by atoms with Gasteiger partial charge >= 0.3 is 0 Å². The minimum absolute atomic E-state index is 0.253. The molecule has 2 aromatic rings. The van der Waals surface area contributed by atoms with Crippen molar-refractivity contribution in [3.8, 4) is 17.0 Å². The summed E-state index contributed by atoms with van der Waals surface area (Å²) in [5.74, 6) is 0.253. The summed E-state index contributed by atoms with van der Waals surface area (Å²) in [6.45, 7) is 2.81. The second-order valence-corrected chi connectivity index (χ2v) is 3.47. The van der Waals surface area contributed by atoms with Gasteiger partial charge in [-0.1, -0.05) is 37.3 Å². The largest absolute Gasteiger partial charge is 0.493 e. The normalized spacial score (nSPS) is 10.5. The zero-order chi connectivity index (χ0) is 10.7. The molecule has 0 bridgehead atoms. The lowest BCUT2D eigenvalue weighted by atomic mass is 10.1. The van der Waals surface area contributed by atoms with Gasteiger partial charge in [-0.25, -0.2) is 4.68 Å². The van der Waals surface area contributed by atoms with Crippen LogP contribution in [0, 0.1) is 0 Å². The lowest BCUT2D eigenvalue weighted by Crippen LogP contribution is -1.97. The van der Waals surface area contributed by atoms with Crippen LogP contribution in [0.25, 0.3) is 11.1 Å². The molecule has 0 unspecified atom stereocenters. The fourth-order valence-corrected chi connectivity index (χ4v) is 1.58. The van der Waals surface area contributed by atoms with E-state index < -0.39 is 0 Å². The molecule has 1 heterocycles. The molecule has 0 aliphatic heterocycles. The smallest absolute Gasteiger partial charge is 0.217 e. The number of aromatic hydroxyl groups is 1. The Balaban J connectivity index is 2.38. The molecule has 0 aliphatic carbocycles. The molecule has 0 spiro atoms. The topological polar surface area (TPSA) is 38.0 Å². The van der Waals surface area contributed by atoms with Gasteiger partial charge < -0.3 is 5.11 Å². The number of rotatable bonds is 3. The molecule has 0 aliphatic rings. The third-order valence-electron chi connectivity index (χ3n) is 2.33. The predicted octanol–water partition coefficient (Wildman–Crippen LogP) is 2.67.